The predicted molar refractivity (Wildman–Crippen MR) is 106 cm³/mol. The van der Waals surface area contributed by atoms with Crippen LogP contribution in [-0.4, -0.2) is 24.8 Å². The van der Waals surface area contributed by atoms with Crippen molar-refractivity contribution in [2.75, 3.05) is 19.0 Å². The summed E-state index contributed by atoms with van der Waals surface area (Å²) in [6, 6.07) is 14.4. The Labute approximate surface area is 160 Å². The summed E-state index contributed by atoms with van der Waals surface area (Å²) < 4.78 is 6.29. The summed E-state index contributed by atoms with van der Waals surface area (Å²) in [6.45, 7) is 1.74. The van der Waals surface area contributed by atoms with Crippen molar-refractivity contribution in [2.45, 2.75) is 12.5 Å². The third-order valence-corrected chi connectivity index (χ3v) is 5.56. The fourth-order valence-corrected chi connectivity index (χ4v) is 3.81. The smallest absolute Gasteiger partial charge is 0.319 e. The maximum absolute atomic E-state index is 12.2. The zero-order valence-electron chi connectivity index (χ0n) is 14.4. The molecule has 0 aliphatic rings. The minimum absolute atomic E-state index is 0.0640. The summed E-state index contributed by atoms with van der Waals surface area (Å²) in [7, 11) is 1.51. The number of nitrogens with one attached hydrogen (secondary N) is 2. The van der Waals surface area contributed by atoms with Crippen LogP contribution in [0.25, 0.3) is 10.1 Å². The molecule has 0 radical (unpaired) electrons. The van der Waals surface area contributed by atoms with Gasteiger partial charge in [0.15, 0.2) is 0 Å². The Kier molecular flexibility index (Phi) is 5.36. The molecule has 0 aliphatic heterocycles. The standard InChI is InChI=1S/C19H19ClN2O3S/c1-19(24,17-9-12-5-3-4-6-16(12)26-17)11-21-18(23)22-14-10-13(20)7-8-15(14)25-2/h3-10,24H,11H2,1-2H3,(H2,21,22,23)/t19-/m1/s1. The molecule has 0 aliphatic carbocycles. The Morgan fingerprint density at radius 1 is 1.27 bits per heavy atom. The minimum Gasteiger partial charge on any atom is -0.495 e. The maximum atomic E-state index is 12.2. The summed E-state index contributed by atoms with van der Waals surface area (Å²) in [4.78, 5) is 13.0. The lowest BCUT2D eigenvalue weighted by Crippen LogP contribution is -2.40. The Hall–Kier alpha value is -2.28. The number of carbonyl (C=O) groups excluding carboxylic acids is 1. The summed E-state index contributed by atoms with van der Waals surface area (Å²) >= 11 is 7.47. The van der Waals surface area contributed by atoms with Gasteiger partial charge >= 0.3 is 6.03 Å². The molecular formula is C19H19ClN2O3S. The largest absolute Gasteiger partial charge is 0.495 e. The number of ether oxygens (including phenoxy) is 1. The first-order chi connectivity index (χ1) is 12.4. The number of methoxy groups -OCH3 is 1. The lowest BCUT2D eigenvalue weighted by atomic mass is 10.0. The van der Waals surface area contributed by atoms with E-state index in [0.717, 1.165) is 15.0 Å². The highest BCUT2D eigenvalue weighted by Crippen LogP contribution is 2.33. The molecule has 5 nitrogen and oxygen atoms in total. The van der Waals surface area contributed by atoms with Crippen LogP contribution in [0.5, 0.6) is 5.75 Å². The number of hydrogen-bond donors (Lipinski definition) is 3. The van der Waals surface area contributed by atoms with E-state index in [0.29, 0.717) is 16.5 Å². The Morgan fingerprint density at radius 3 is 2.77 bits per heavy atom. The van der Waals surface area contributed by atoms with Gasteiger partial charge in [0.05, 0.1) is 19.3 Å². The molecule has 0 saturated carbocycles. The van der Waals surface area contributed by atoms with Crippen molar-refractivity contribution in [1.29, 1.82) is 0 Å². The summed E-state index contributed by atoms with van der Waals surface area (Å²) in [5, 5.41) is 17.7. The Morgan fingerprint density at radius 2 is 2.04 bits per heavy atom. The van der Waals surface area contributed by atoms with Crippen LogP contribution in [0.15, 0.2) is 48.5 Å². The van der Waals surface area contributed by atoms with Crippen molar-refractivity contribution in [2.24, 2.45) is 0 Å². The molecular weight excluding hydrogens is 372 g/mol. The molecule has 3 rings (SSSR count). The number of rotatable bonds is 5. The normalized spacial score (nSPS) is 13.2. The summed E-state index contributed by atoms with van der Waals surface area (Å²) in [6.07, 6.45) is 0. The van der Waals surface area contributed by atoms with Crippen molar-refractivity contribution in [1.82, 2.24) is 5.32 Å². The fraction of sp³-hybridized carbons (Fsp3) is 0.211. The molecule has 1 heterocycles. The second-order valence-electron chi connectivity index (χ2n) is 6.07. The summed E-state index contributed by atoms with van der Waals surface area (Å²) in [5.74, 6) is 0.501. The first kappa shape index (κ1) is 18.5. The summed E-state index contributed by atoms with van der Waals surface area (Å²) in [5.41, 5.74) is -0.724. The van der Waals surface area contributed by atoms with Crippen LogP contribution >= 0.6 is 22.9 Å². The lowest BCUT2D eigenvalue weighted by molar-refractivity contribution is 0.0638. The predicted octanol–water partition coefficient (Wildman–Crippen LogP) is 4.59. The zero-order chi connectivity index (χ0) is 18.7. The number of anilines is 1. The SMILES string of the molecule is COc1ccc(Cl)cc1NC(=O)NC[C@@](C)(O)c1cc2ccccc2s1. The van der Waals surface area contributed by atoms with Gasteiger partial charge in [0.25, 0.3) is 0 Å². The second kappa shape index (κ2) is 7.53. The van der Waals surface area contributed by atoms with E-state index in [-0.39, 0.29) is 6.54 Å². The molecule has 136 valence electrons. The maximum Gasteiger partial charge on any atom is 0.319 e. The molecule has 1 atom stereocenters. The van der Waals surface area contributed by atoms with E-state index >= 15 is 0 Å². The van der Waals surface area contributed by atoms with Crippen LogP contribution in [0.1, 0.15) is 11.8 Å². The highest BCUT2D eigenvalue weighted by atomic mass is 35.5. The van der Waals surface area contributed by atoms with Crippen molar-refractivity contribution >= 4 is 44.7 Å². The molecule has 2 amide bonds. The average molecular weight is 391 g/mol. The minimum atomic E-state index is -1.18. The van der Waals surface area contributed by atoms with Crippen LogP contribution < -0.4 is 15.4 Å². The molecule has 0 spiro atoms. The van der Waals surface area contributed by atoms with Gasteiger partial charge in [-0.1, -0.05) is 29.8 Å². The fourth-order valence-electron chi connectivity index (χ4n) is 2.53. The average Bonchev–Trinajstić information content (AvgIpc) is 3.05. The second-order valence-corrected chi connectivity index (χ2v) is 7.59. The number of hydrogen-bond acceptors (Lipinski definition) is 4. The van der Waals surface area contributed by atoms with Gasteiger partial charge in [0.1, 0.15) is 11.4 Å². The molecule has 0 saturated heterocycles. The van der Waals surface area contributed by atoms with E-state index in [1.807, 2.05) is 30.3 Å². The van der Waals surface area contributed by atoms with Gasteiger partial charge in [-0.25, -0.2) is 4.79 Å². The van der Waals surface area contributed by atoms with Crippen LogP contribution in [0, 0.1) is 0 Å². The van der Waals surface area contributed by atoms with Gasteiger partial charge in [-0.15, -0.1) is 11.3 Å². The van der Waals surface area contributed by atoms with Crippen LogP contribution in [-0.2, 0) is 5.60 Å². The van der Waals surface area contributed by atoms with Gasteiger partial charge < -0.3 is 20.5 Å². The van der Waals surface area contributed by atoms with Crippen molar-refractivity contribution in [3.8, 4) is 5.75 Å². The van der Waals surface area contributed by atoms with Gasteiger partial charge in [0.2, 0.25) is 0 Å². The van der Waals surface area contributed by atoms with Crippen LogP contribution in [0.3, 0.4) is 0 Å². The Bertz CT molecular complexity index is 906. The number of fused-ring (bicyclic) bond motifs is 1. The Balaban J connectivity index is 1.67. The number of halogens is 1. The first-order valence-corrected chi connectivity index (χ1v) is 9.18. The van der Waals surface area contributed by atoms with E-state index in [4.69, 9.17) is 16.3 Å². The van der Waals surface area contributed by atoms with Crippen molar-refractivity contribution in [3.63, 3.8) is 0 Å². The molecule has 2 aromatic carbocycles. The molecule has 3 aromatic rings. The third-order valence-electron chi connectivity index (χ3n) is 3.96. The number of thiophene rings is 1. The van der Waals surface area contributed by atoms with Crippen molar-refractivity contribution < 1.29 is 14.6 Å². The molecule has 7 heteroatoms. The molecule has 0 fully saturated rings. The van der Waals surface area contributed by atoms with E-state index in [1.165, 1.54) is 18.4 Å². The molecule has 0 bridgehead atoms. The molecule has 0 unspecified atom stereocenters. The topological polar surface area (TPSA) is 70.6 Å². The molecule has 26 heavy (non-hydrogen) atoms. The number of aliphatic hydroxyl groups is 1. The number of carbonyl (C=O) groups is 1. The number of amides is 2. The van der Waals surface area contributed by atoms with Gasteiger partial charge in [0, 0.05) is 14.6 Å². The zero-order valence-corrected chi connectivity index (χ0v) is 15.9. The van der Waals surface area contributed by atoms with Gasteiger partial charge in [-0.05, 0) is 42.6 Å². The molecule has 3 N–H and O–H groups in total. The third kappa shape index (κ3) is 4.09. The highest BCUT2D eigenvalue weighted by Gasteiger charge is 2.26. The van der Waals surface area contributed by atoms with Gasteiger partial charge in [-0.3, -0.25) is 0 Å². The quantitative estimate of drug-likeness (QED) is 0.596. The first-order valence-electron chi connectivity index (χ1n) is 7.99. The van der Waals surface area contributed by atoms with Crippen LogP contribution in [0.4, 0.5) is 10.5 Å². The highest BCUT2D eigenvalue weighted by molar-refractivity contribution is 7.19. The van der Waals surface area contributed by atoms with Crippen molar-refractivity contribution in [3.05, 3.63) is 58.4 Å². The molecule has 1 aromatic heterocycles. The van der Waals surface area contributed by atoms with E-state index in [9.17, 15) is 9.90 Å². The number of urea groups is 1. The van der Waals surface area contributed by atoms with Crippen LogP contribution in [0.2, 0.25) is 5.02 Å². The van der Waals surface area contributed by atoms with E-state index in [2.05, 4.69) is 10.6 Å². The van der Waals surface area contributed by atoms with E-state index in [1.54, 1.807) is 25.1 Å². The van der Waals surface area contributed by atoms with Gasteiger partial charge in [-0.2, -0.15) is 0 Å². The number of benzene rings is 2. The lowest BCUT2D eigenvalue weighted by Gasteiger charge is -2.22. The van der Waals surface area contributed by atoms with E-state index < -0.39 is 11.6 Å². The monoisotopic (exact) mass is 390 g/mol.